The summed E-state index contributed by atoms with van der Waals surface area (Å²) in [6.45, 7) is 3.05. The summed E-state index contributed by atoms with van der Waals surface area (Å²) in [4.78, 5) is 23.3. The second-order valence-corrected chi connectivity index (χ2v) is 7.45. The number of carbonyl (C=O) groups excluding carboxylic acids is 1. The van der Waals surface area contributed by atoms with E-state index in [4.69, 9.17) is 0 Å². The highest BCUT2D eigenvalue weighted by Crippen LogP contribution is 2.21. The number of benzene rings is 1. The third kappa shape index (κ3) is 3.94. The van der Waals surface area contributed by atoms with Crippen molar-refractivity contribution in [2.24, 2.45) is 0 Å². The lowest BCUT2D eigenvalue weighted by atomic mass is 10.3. The van der Waals surface area contributed by atoms with Gasteiger partial charge in [-0.3, -0.25) is 0 Å². The molecule has 0 saturated carbocycles. The number of rotatable bonds is 5. The maximum atomic E-state index is 12.0. The zero-order valence-electron chi connectivity index (χ0n) is 14.4. The first-order chi connectivity index (χ1) is 12.8. The van der Waals surface area contributed by atoms with Gasteiger partial charge < -0.3 is 15.5 Å². The average molecular weight is 367 g/mol. The molecule has 1 saturated heterocycles. The summed E-state index contributed by atoms with van der Waals surface area (Å²) < 4.78 is 1.13. The van der Waals surface area contributed by atoms with E-state index < -0.39 is 0 Å². The zero-order chi connectivity index (χ0) is 17.8. The standard InChI is InChI=1S/C19H21N5OS/c25-19(22-13-18-23-15-5-1-2-6-16(15)26-18)21-12-14-7-8-17(20-11-14)24-9-3-4-10-24/h1-2,5-8,11H,3-4,9-10,12-13H2,(H2,21,22,25). The van der Waals surface area contributed by atoms with Gasteiger partial charge in [-0.05, 0) is 36.6 Å². The van der Waals surface area contributed by atoms with Gasteiger partial charge in [-0.25, -0.2) is 14.8 Å². The van der Waals surface area contributed by atoms with Crippen LogP contribution in [0, 0.1) is 0 Å². The third-order valence-electron chi connectivity index (χ3n) is 4.43. The highest BCUT2D eigenvalue weighted by Gasteiger charge is 2.13. The summed E-state index contributed by atoms with van der Waals surface area (Å²) in [6.07, 6.45) is 4.31. The van der Waals surface area contributed by atoms with E-state index in [9.17, 15) is 4.79 Å². The van der Waals surface area contributed by atoms with Crippen molar-refractivity contribution in [1.82, 2.24) is 20.6 Å². The molecule has 0 unspecified atom stereocenters. The van der Waals surface area contributed by atoms with Crippen LogP contribution in [0.25, 0.3) is 10.2 Å². The smallest absolute Gasteiger partial charge is 0.315 e. The second kappa shape index (κ2) is 7.70. The molecule has 4 rings (SSSR count). The lowest BCUT2D eigenvalue weighted by Gasteiger charge is -2.16. The number of carbonyl (C=O) groups is 1. The monoisotopic (exact) mass is 367 g/mol. The Kier molecular flexibility index (Phi) is 4.97. The molecule has 2 aromatic heterocycles. The number of hydrogen-bond acceptors (Lipinski definition) is 5. The van der Waals surface area contributed by atoms with Gasteiger partial charge in [-0.1, -0.05) is 18.2 Å². The third-order valence-corrected chi connectivity index (χ3v) is 5.47. The molecule has 3 heterocycles. The topological polar surface area (TPSA) is 70.2 Å². The van der Waals surface area contributed by atoms with Crippen molar-refractivity contribution in [2.75, 3.05) is 18.0 Å². The van der Waals surface area contributed by atoms with Gasteiger partial charge in [0.05, 0.1) is 16.8 Å². The Bertz CT molecular complexity index is 853. The van der Waals surface area contributed by atoms with Crippen molar-refractivity contribution in [3.63, 3.8) is 0 Å². The quantitative estimate of drug-likeness (QED) is 0.726. The second-order valence-electron chi connectivity index (χ2n) is 6.33. The fraction of sp³-hybridized carbons (Fsp3) is 0.316. The molecule has 0 spiro atoms. The van der Waals surface area contributed by atoms with Crippen LogP contribution in [0.1, 0.15) is 23.4 Å². The van der Waals surface area contributed by atoms with Crippen LogP contribution in [0.4, 0.5) is 10.6 Å². The van der Waals surface area contributed by atoms with Crippen molar-refractivity contribution >= 4 is 33.4 Å². The fourth-order valence-corrected chi connectivity index (χ4v) is 3.96. The van der Waals surface area contributed by atoms with Crippen molar-refractivity contribution in [3.05, 3.63) is 53.2 Å². The number of nitrogens with zero attached hydrogens (tertiary/aromatic N) is 3. The average Bonchev–Trinajstić information content (AvgIpc) is 3.34. The first kappa shape index (κ1) is 16.8. The molecular formula is C19H21N5OS. The molecule has 2 N–H and O–H groups in total. The van der Waals surface area contributed by atoms with E-state index in [-0.39, 0.29) is 6.03 Å². The number of hydrogen-bond donors (Lipinski definition) is 2. The minimum absolute atomic E-state index is 0.201. The molecule has 0 aliphatic carbocycles. The Labute approximate surface area is 156 Å². The number of pyridine rings is 1. The van der Waals surface area contributed by atoms with Crippen molar-refractivity contribution < 1.29 is 4.79 Å². The van der Waals surface area contributed by atoms with Gasteiger partial charge in [0.25, 0.3) is 0 Å². The highest BCUT2D eigenvalue weighted by molar-refractivity contribution is 7.18. The number of fused-ring (bicyclic) bond motifs is 1. The maximum Gasteiger partial charge on any atom is 0.315 e. The highest BCUT2D eigenvalue weighted by atomic mass is 32.1. The van der Waals surface area contributed by atoms with E-state index in [1.165, 1.54) is 12.8 Å². The lowest BCUT2D eigenvalue weighted by molar-refractivity contribution is 0.240. The van der Waals surface area contributed by atoms with Crippen molar-refractivity contribution in [1.29, 1.82) is 0 Å². The predicted molar refractivity (Wildman–Crippen MR) is 104 cm³/mol. The molecule has 0 bridgehead atoms. The van der Waals surface area contributed by atoms with Crippen LogP contribution in [0.2, 0.25) is 0 Å². The van der Waals surface area contributed by atoms with Crippen molar-refractivity contribution in [2.45, 2.75) is 25.9 Å². The summed E-state index contributed by atoms with van der Waals surface area (Å²) in [5, 5.41) is 6.62. The van der Waals surface area contributed by atoms with Crippen LogP contribution in [0.15, 0.2) is 42.6 Å². The van der Waals surface area contributed by atoms with Crippen LogP contribution in [-0.4, -0.2) is 29.1 Å². The number of aromatic nitrogens is 2. The first-order valence-electron chi connectivity index (χ1n) is 8.84. The van der Waals surface area contributed by atoms with Gasteiger partial charge in [-0.15, -0.1) is 11.3 Å². The summed E-state index contributed by atoms with van der Waals surface area (Å²) in [6, 6.07) is 11.8. The SMILES string of the molecule is O=C(NCc1ccc(N2CCCC2)nc1)NCc1nc2ccccc2s1. The molecule has 1 aliphatic heterocycles. The number of nitrogens with one attached hydrogen (secondary N) is 2. The van der Waals surface area contributed by atoms with Crippen LogP contribution in [0.3, 0.4) is 0 Å². The molecule has 1 aromatic carbocycles. The summed E-state index contributed by atoms with van der Waals surface area (Å²) in [5.41, 5.74) is 1.96. The summed E-state index contributed by atoms with van der Waals surface area (Å²) in [7, 11) is 0. The van der Waals surface area contributed by atoms with E-state index in [0.717, 1.165) is 39.7 Å². The molecular weight excluding hydrogens is 346 g/mol. The minimum atomic E-state index is -0.201. The van der Waals surface area contributed by atoms with E-state index in [0.29, 0.717) is 13.1 Å². The minimum Gasteiger partial charge on any atom is -0.357 e. The van der Waals surface area contributed by atoms with E-state index in [1.807, 2.05) is 42.6 Å². The van der Waals surface area contributed by atoms with Crippen LogP contribution < -0.4 is 15.5 Å². The molecule has 2 amide bonds. The normalized spacial score (nSPS) is 13.9. The fourth-order valence-electron chi connectivity index (χ4n) is 3.05. The van der Waals surface area contributed by atoms with Gasteiger partial charge >= 0.3 is 6.03 Å². The number of thiazole rings is 1. The zero-order valence-corrected chi connectivity index (χ0v) is 15.3. The maximum absolute atomic E-state index is 12.0. The number of anilines is 1. The van der Waals surface area contributed by atoms with Crippen molar-refractivity contribution in [3.8, 4) is 0 Å². The molecule has 0 atom stereocenters. The molecule has 7 heteroatoms. The lowest BCUT2D eigenvalue weighted by Crippen LogP contribution is -2.34. The largest absolute Gasteiger partial charge is 0.357 e. The molecule has 26 heavy (non-hydrogen) atoms. The molecule has 1 aliphatic rings. The number of amides is 2. The van der Waals surface area contributed by atoms with Gasteiger partial charge in [0.2, 0.25) is 0 Å². The molecule has 6 nitrogen and oxygen atoms in total. The summed E-state index contributed by atoms with van der Waals surface area (Å²) >= 11 is 1.60. The number of urea groups is 1. The Morgan fingerprint density at radius 1 is 1.08 bits per heavy atom. The molecule has 1 fully saturated rings. The molecule has 0 radical (unpaired) electrons. The molecule has 134 valence electrons. The van der Waals surface area contributed by atoms with E-state index in [1.54, 1.807) is 11.3 Å². The molecule has 3 aromatic rings. The van der Waals surface area contributed by atoms with Crippen LogP contribution in [0.5, 0.6) is 0 Å². The van der Waals surface area contributed by atoms with E-state index >= 15 is 0 Å². The van der Waals surface area contributed by atoms with Gasteiger partial charge in [0.1, 0.15) is 10.8 Å². The van der Waals surface area contributed by atoms with Gasteiger partial charge in [-0.2, -0.15) is 0 Å². The van der Waals surface area contributed by atoms with Crippen LogP contribution in [-0.2, 0) is 13.1 Å². The van der Waals surface area contributed by atoms with Gasteiger partial charge in [0, 0.05) is 25.8 Å². The van der Waals surface area contributed by atoms with Crippen LogP contribution >= 0.6 is 11.3 Å². The Hall–Kier alpha value is -2.67. The Morgan fingerprint density at radius 3 is 2.65 bits per heavy atom. The van der Waals surface area contributed by atoms with E-state index in [2.05, 4.69) is 25.5 Å². The van der Waals surface area contributed by atoms with Gasteiger partial charge in [0.15, 0.2) is 0 Å². The number of para-hydroxylation sites is 1. The summed E-state index contributed by atoms with van der Waals surface area (Å²) in [5.74, 6) is 1.02. The predicted octanol–water partition coefficient (Wildman–Crippen LogP) is 3.29. The Morgan fingerprint density at radius 2 is 1.88 bits per heavy atom. The first-order valence-corrected chi connectivity index (χ1v) is 9.65. The Balaban J connectivity index is 1.25.